The van der Waals surface area contributed by atoms with Gasteiger partial charge in [0.2, 0.25) is 0 Å². The smallest absolute Gasteiger partial charge is 0.0474 e. The minimum atomic E-state index is 0.994. The van der Waals surface area contributed by atoms with Crippen molar-refractivity contribution in [2.24, 2.45) is 0 Å². The van der Waals surface area contributed by atoms with E-state index in [-0.39, 0.29) is 0 Å². The summed E-state index contributed by atoms with van der Waals surface area (Å²) in [6.45, 7) is 7.18. The van der Waals surface area contributed by atoms with E-state index in [9.17, 15) is 0 Å². The third kappa shape index (κ3) is 3.85. The van der Waals surface area contributed by atoms with Crippen LogP contribution in [0.3, 0.4) is 0 Å². The molecule has 0 heterocycles. The molecule has 0 amide bonds. The van der Waals surface area contributed by atoms with Crippen LogP contribution in [0.4, 0.5) is 0 Å². The lowest BCUT2D eigenvalue weighted by molar-refractivity contribution is 0.426. The Hall–Kier alpha value is -1.16. The number of hydrogen-bond acceptors (Lipinski definition) is 1. The molecule has 0 N–H and O–H groups in total. The molecule has 0 aliphatic heterocycles. The van der Waals surface area contributed by atoms with E-state index < -0.39 is 0 Å². The quantitative estimate of drug-likeness (QED) is 0.471. The molecule has 0 saturated heterocycles. The molecular formula is C12H19N. The lowest BCUT2D eigenvalue weighted by Crippen LogP contribution is -2.18. The lowest BCUT2D eigenvalue weighted by Gasteiger charge is -2.20. The summed E-state index contributed by atoms with van der Waals surface area (Å²) in [5, 5.41) is 0. The summed E-state index contributed by atoms with van der Waals surface area (Å²) in [4.78, 5) is 2.19. The third-order valence-corrected chi connectivity index (χ3v) is 1.90. The molecule has 0 saturated carbocycles. The van der Waals surface area contributed by atoms with E-state index in [4.69, 9.17) is 6.42 Å². The Bertz CT molecular complexity index is 240. The van der Waals surface area contributed by atoms with Crippen LogP contribution in [0.25, 0.3) is 0 Å². The standard InChI is InChI=1S/C12H19N/c1-6-9-12(11(4)8-3)13(5)10-7-2/h3,6,9H,7,10H2,1-2,4-5H3/b9-6-,12-11+. The molecule has 0 aliphatic rings. The van der Waals surface area contributed by atoms with Gasteiger partial charge < -0.3 is 4.90 Å². The van der Waals surface area contributed by atoms with E-state index in [2.05, 4.69) is 30.9 Å². The van der Waals surface area contributed by atoms with Crippen LogP contribution in [-0.2, 0) is 0 Å². The van der Waals surface area contributed by atoms with Gasteiger partial charge in [-0.1, -0.05) is 18.9 Å². The van der Waals surface area contributed by atoms with E-state index in [1.165, 1.54) is 0 Å². The van der Waals surface area contributed by atoms with Gasteiger partial charge in [0, 0.05) is 24.9 Å². The first kappa shape index (κ1) is 11.8. The Morgan fingerprint density at radius 3 is 2.54 bits per heavy atom. The van der Waals surface area contributed by atoms with E-state index in [1.54, 1.807) is 0 Å². The molecule has 1 heteroatoms. The topological polar surface area (TPSA) is 3.24 Å². The molecule has 0 rings (SSSR count). The molecule has 0 bridgehead atoms. The summed E-state index contributed by atoms with van der Waals surface area (Å²) >= 11 is 0. The van der Waals surface area contributed by atoms with Crippen LogP contribution >= 0.6 is 0 Å². The minimum Gasteiger partial charge on any atom is -0.374 e. The maximum Gasteiger partial charge on any atom is 0.0474 e. The van der Waals surface area contributed by atoms with Gasteiger partial charge in [0.15, 0.2) is 0 Å². The van der Waals surface area contributed by atoms with Gasteiger partial charge in [-0.25, -0.2) is 0 Å². The van der Waals surface area contributed by atoms with Crippen LogP contribution in [0.2, 0.25) is 0 Å². The Balaban J connectivity index is 4.73. The molecule has 0 aromatic heterocycles. The van der Waals surface area contributed by atoms with Crippen molar-refractivity contribution in [3.63, 3.8) is 0 Å². The number of hydrogen-bond donors (Lipinski definition) is 0. The van der Waals surface area contributed by atoms with Gasteiger partial charge >= 0.3 is 0 Å². The summed E-state index contributed by atoms with van der Waals surface area (Å²) < 4.78 is 0. The molecule has 0 atom stereocenters. The fraction of sp³-hybridized carbons (Fsp3) is 0.500. The van der Waals surface area contributed by atoms with E-state index in [1.807, 2.05) is 19.9 Å². The molecule has 1 nitrogen and oxygen atoms in total. The zero-order chi connectivity index (χ0) is 10.3. The second-order valence-corrected chi connectivity index (χ2v) is 3.08. The molecule has 0 aromatic rings. The van der Waals surface area contributed by atoms with Crippen LogP contribution in [0, 0.1) is 12.3 Å². The highest BCUT2D eigenvalue weighted by Gasteiger charge is 2.02. The number of likely N-dealkylation sites (N-methyl/N-ethyl adjacent to an activating group) is 1. The summed E-state index contributed by atoms with van der Waals surface area (Å²) in [5.74, 6) is 2.68. The van der Waals surface area contributed by atoms with E-state index >= 15 is 0 Å². The molecular weight excluding hydrogens is 158 g/mol. The Morgan fingerprint density at radius 2 is 2.15 bits per heavy atom. The maximum atomic E-state index is 5.37. The molecule has 0 radical (unpaired) electrons. The van der Waals surface area contributed by atoms with Gasteiger partial charge in [0.25, 0.3) is 0 Å². The summed E-state index contributed by atoms with van der Waals surface area (Å²) in [5.41, 5.74) is 2.14. The number of rotatable bonds is 4. The third-order valence-electron chi connectivity index (χ3n) is 1.90. The zero-order valence-electron chi connectivity index (χ0n) is 9.09. The predicted molar refractivity (Wildman–Crippen MR) is 59.3 cm³/mol. The number of nitrogens with zero attached hydrogens (tertiary/aromatic N) is 1. The Labute approximate surface area is 82.1 Å². The Morgan fingerprint density at radius 1 is 1.54 bits per heavy atom. The second kappa shape index (κ2) is 6.37. The number of allylic oxidation sites excluding steroid dienone is 3. The van der Waals surface area contributed by atoms with Crippen LogP contribution in [0.5, 0.6) is 0 Å². The molecule has 0 fully saturated rings. The monoisotopic (exact) mass is 177 g/mol. The lowest BCUT2D eigenvalue weighted by atomic mass is 10.2. The molecule has 0 aliphatic carbocycles. The largest absolute Gasteiger partial charge is 0.374 e. The van der Waals surface area contributed by atoms with Crippen molar-refractivity contribution in [1.82, 2.24) is 4.90 Å². The summed E-state index contributed by atoms with van der Waals surface area (Å²) in [6.07, 6.45) is 10.6. The van der Waals surface area contributed by atoms with Crippen molar-refractivity contribution in [3.05, 3.63) is 23.4 Å². The fourth-order valence-corrected chi connectivity index (χ4v) is 1.23. The van der Waals surface area contributed by atoms with Gasteiger partial charge in [-0.3, -0.25) is 0 Å². The van der Waals surface area contributed by atoms with Crippen LogP contribution in [-0.4, -0.2) is 18.5 Å². The molecule has 0 aromatic carbocycles. The first-order chi connectivity index (χ1) is 6.17. The number of terminal acetylenes is 1. The Kier molecular flexibility index (Phi) is 5.80. The highest BCUT2D eigenvalue weighted by atomic mass is 15.1. The normalized spacial score (nSPS) is 12.5. The molecule has 0 unspecified atom stereocenters. The predicted octanol–water partition coefficient (Wildman–Crippen LogP) is 2.81. The molecule has 0 spiro atoms. The minimum absolute atomic E-state index is 0.994. The van der Waals surface area contributed by atoms with Gasteiger partial charge in [-0.15, -0.1) is 6.42 Å². The highest BCUT2D eigenvalue weighted by molar-refractivity contribution is 5.34. The van der Waals surface area contributed by atoms with E-state index in [0.717, 1.165) is 24.2 Å². The zero-order valence-corrected chi connectivity index (χ0v) is 9.09. The van der Waals surface area contributed by atoms with Crippen LogP contribution in [0.15, 0.2) is 23.4 Å². The van der Waals surface area contributed by atoms with Crippen molar-refractivity contribution >= 4 is 0 Å². The van der Waals surface area contributed by atoms with Crippen molar-refractivity contribution in [1.29, 1.82) is 0 Å². The van der Waals surface area contributed by atoms with Crippen molar-refractivity contribution in [3.8, 4) is 12.3 Å². The molecule has 72 valence electrons. The van der Waals surface area contributed by atoms with Crippen molar-refractivity contribution < 1.29 is 0 Å². The van der Waals surface area contributed by atoms with E-state index in [0.29, 0.717) is 0 Å². The average Bonchev–Trinajstić information content (AvgIpc) is 2.13. The van der Waals surface area contributed by atoms with Gasteiger partial charge in [-0.05, 0) is 26.3 Å². The first-order valence-electron chi connectivity index (χ1n) is 4.68. The summed E-state index contributed by atoms with van der Waals surface area (Å²) in [7, 11) is 2.07. The van der Waals surface area contributed by atoms with Gasteiger partial charge in [0.05, 0.1) is 0 Å². The second-order valence-electron chi connectivity index (χ2n) is 3.08. The van der Waals surface area contributed by atoms with Crippen molar-refractivity contribution in [2.75, 3.05) is 13.6 Å². The van der Waals surface area contributed by atoms with Gasteiger partial charge in [-0.2, -0.15) is 0 Å². The first-order valence-corrected chi connectivity index (χ1v) is 4.68. The van der Waals surface area contributed by atoms with Crippen LogP contribution in [0.1, 0.15) is 27.2 Å². The fourth-order valence-electron chi connectivity index (χ4n) is 1.23. The highest BCUT2D eigenvalue weighted by Crippen LogP contribution is 2.09. The summed E-state index contributed by atoms with van der Waals surface area (Å²) in [6, 6.07) is 0. The molecule has 13 heavy (non-hydrogen) atoms. The average molecular weight is 177 g/mol. The maximum absolute atomic E-state index is 5.37. The SMILES string of the molecule is C#C/C(C)=C(\C=C/C)N(C)CCC. The van der Waals surface area contributed by atoms with Gasteiger partial charge in [0.1, 0.15) is 0 Å². The van der Waals surface area contributed by atoms with Crippen molar-refractivity contribution in [2.45, 2.75) is 27.2 Å². The van der Waals surface area contributed by atoms with Crippen LogP contribution < -0.4 is 0 Å².